The number of fused-ring (bicyclic) bond motifs is 1. The molecule has 6 nitrogen and oxygen atoms in total. The molecule has 1 amide bonds. The molecule has 0 aliphatic carbocycles. The Kier molecular flexibility index (Phi) is 4.96. The van der Waals surface area contributed by atoms with Gasteiger partial charge < -0.3 is 4.90 Å². The SMILES string of the molecule is O=C(c1cccs1)N1CCC[C@H](n2c(=O)n(Cc3ccccc3)c3cccnc32)C1. The Labute approximate surface area is 178 Å². The minimum atomic E-state index is -0.0791. The van der Waals surface area contributed by atoms with Gasteiger partial charge in [0.1, 0.15) is 0 Å². The van der Waals surface area contributed by atoms with Crippen LogP contribution in [0.5, 0.6) is 0 Å². The molecule has 0 radical (unpaired) electrons. The highest BCUT2D eigenvalue weighted by Crippen LogP contribution is 2.26. The van der Waals surface area contributed by atoms with Crippen LogP contribution in [0.15, 0.2) is 71.0 Å². The number of nitrogens with zero attached hydrogens (tertiary/aromatic N) is 4. The molecule has 1 fully saturated rings. The second-order valence-corrected chi connectivity index (χ2v) is 8.54. The molecule has 0 saturated carbocycles. The summed E-state index contributed by atoms with van der Waals surface area (Å²) in [7, 11) is 0. The summed E-state index contributed by atoms with van der Waals surface area (Å²) in [5, 5.41) is 1.92. The van der Waals surface area contributed by atoms with Crippen molar-refractivity contribution in [3.8, 4) is 0 Å². The van der Waals surface area contributed by atoms with Crippen LogP contribution in [0.1, 0.15) is 34.1 Å². The van der Waals surface area contributed by atoms with Gasteiger partial charge in [0.2, 0.25) is 0 Å². The lowest BCUT2D eigenvalue weighted by atomic mass is 10.1. The number of carbonyl (C=O) groups is 1. The standard InChI is InChI=1S/C23H22N4O2S/c28-22(20-11-6-14-30-20)25-13-5-9-18(16-25)27-21-19(10-4-12-24-21)26(23(27)29)15-17-7-2-1-3-8-17/h1-4,6-8,10-12,14,18H,5,9,13,15-16H2/t18-/m0/s1. The molecule has 3 aromatic heterocycles. The van der Waals surface area contributed by atoms with E-state index in [-0.39, 0.29) is 17.6 Å². The third-order valence-electron chi connectivity index (χ3n) is 5.69. The van der Waals surface area contributed by atoms with Gasteiger partial charge in [-0.15, -0.1) is 11.3 Å². The predicted octanol–water partition coefficient (Wildman–Crippen LogP) is 3.79. The monoisotopic (exact) mass is 418 g/mol. The van der Waals surface area contributed by atoms with Crippen LogP contribution in [0.3, 0.4) is 0 Å². The van der Waals surface area contributed by atoms with Gasteiger partial charge in [0.05, 0.1) is 23.0 Å². The summed E-state index contributed by atoms with van der Waals surface area (Å²) in [5.41, 5.74) is 2.52. The smallest absolute Gasteiger partial charge is 0.330 e. The number of thiophene rings is 1. The number of imidazole rings is 1. The average molecular weight is 419 g/mol. The van der Waals surface area contributed by atoms with Gasteiger partial charge in [-0.3, -0.25) is 13.9 Å². The second kappa shape index (κ2) is 7.91. The molecule has 152 valence electrons. The zero-order valence-corrected chi connectivity index (χ0v) is 17.3. The number of amides is 1. The van der Waals surface area contributed by atoms with E-state index in [1.807, 2.05) is 64.9 Å². The van der Waals surface area contributed by atoms with Crippen LogP contribution >= 0.6 is 11.3 Å². The molecule has 1 atom stereocenters. The molecule has 0 unspecified atom stereocenters. The number of hydrogen-bond donors (Lipinski definition) is 0. The summed E-state index contributed by atoms with van der Waals surface area (Å²) < 4.78 is 3.59. The molecule has 7 heteroatoms. The second-order valence-electron chi connectivity index (χ2n) is 7.59. The first-order valence-corrected chi connectivity index (χ1v) is 11.0. The van der Waals surface area contributed by atoms with Crippen molar-refractivity contribution in [3.05, 3.63) is 87.1 Å². The van der Waals surface area contributed by atoms with Crippen LogP contribution < -0.4 is 5.69 Å². The zero-order valence-electron chi connectivity index (χ0n) is 16.5. The molecule has 4 aromatic rings. The number of rotatable bonds is 4. The topological polar surface area (TPSA) is 60.1 Å². The average Bonchev–Trinajstić information content (AvgIpc) is 3.42. The number of carbonyl (C=O) groups excluding carboxylic acids is 1. The maximum absolute atomic E-state index is 13.5. The minimum Gasteiger partial charge on any atom is -0.336 e. The summed E-state index contributed by atoms with van der Waals surface area (Å²) in [6.45, 7) is 1.75. The van der Waals surface area contributed by atoms with E-state index in [9.17, 15) is 9.59 Å². The summed E-state index contributed by atoms with van der Waals surface area (Å²) in [6.07, 6.45) is 3.45. The third kappa shape index (κ3) is 3.35. The van der Waals surface area contributed by atoms with Crippen LogP contribution in [0, 0.1) is 0 Å². The Morgan fingerprint density at radius 3 is 2.77 bits per heavy atom. The number of piperidine rings is 1. The van der Waals surface area contributed by atoms with Gasteiger partial charge in [0, 0.05) is 19.3 Å². The Hall–Kier alpha value is -3.19. The number of pyridine rings is 1. The first kappa shape index (κ1) is 18.8. The quantitative estimate of drug-likeness (QED) is 0.507. The van der Waals surface area contributed by atoms with E-state index in [1.165, 1.54) is 11.3 Å². The summed E-state index contributed by atoms with van der Waals surface area (Å²) in [4.78, 5) is 33.5. The van der Waals surface area contributed by atoms with Gasteiger partial charge in [-0.2, -0.15) is 0 Å². The molecular weight excluding hydrogens is 396 g/mol. The summed E-state index contributed by atoms with van der Waals surface area (Å²) in [5.74, 6) is 0.0451. The van der Waals surface area contributed by atoms with Crippen molar-refractivity contribution in [2.75, 3.05) is 13.1 Å². The van der Waals surface area contributed by atoms with Crippen molar-refractivity contribution in [2.24, 2.45) is 0 Å². The number of hydrogen-bond acceptors (Lipinski definition) is 4. The molecule has 1 aliphatic rings. The molecule has 0 spiro atoms. The van der Waals surface area contributed by atoms with Gasteiger partial charge in [-0.25, -0.2) is 9.78 Å². The van der Waals surface area contributed by atoms with Gasteiger partial charge >= 0.3 is 5.69 Å². The fourth-order valence-electron chi connectivity index (χ4n) is 4.26. The highest BCUT2D eigenvalue weighted by Gasteiger charge is 2.29. The molecule has 1 saturated heterocycles. The molecule has 1 aliphatic heterocycles. The van der Waals surface area contributed by atoms with Crippen molar-refractivity contribution in [2.45, 2.75) is 25.4 Å². The van der Waals surface area contributed by atoms with E-state index in [2.05, 4.69) is 4.98 Å². The van der Waals surface area contributed by atoms with Crippen molar-refractivity contribution in [1.82, 2.24) is 19.0 Å². The fourth-order valence-corrected chi connectivity index (χ4v) is 4.95. The largest absolute Gasteiger partial charge is 0.336 e. The lowest BCUT2D eigenvalue weighted by Gasteiger charge is -2.33. The lowest BCUT2D eigenvalue weighted by molar-refractivity contribution is 0.0684. The first-order valence-electron chi connectivity index (χ1n) is 10.1. The van der Waals surface area contributed by atoms with E-state index in [0.717, 1.165) is 35.3 Å². The maximum atomic E-state index is 13.5. The molecular formula is C23H22N4O2S. The Bertz CT molecular complexity index is 1230. The minimum absolute atomic E-state index is 0.0451. The Balaban J connectivity index is 1.52. The van der Waals surface area contributed by atoms with Gasteiger partial charge in [-0.05, 0) is 42.0 Å². The van der Waals surface area contributed by atoms with Gasteiger partial charge in [0.25, 0.3) is 5.91 Å². The van der Waals surface area contributed by atoms with E-state index in [1.54, 1.807) is 15.3 Å². The number of benzene rings is 1. The van der Waals surface area contributed by atoms with Crippen molar-refractivity contribution in [3.63, 3.8) is 0 Å². The molecule has 5 rings (SSSR count). The molecule has 0 N–H and O–H groups in total. The number of likely N-dealkylation sites (tertiary alicyclic amines) is 1. The van der Waals surface area contributed by atoms with Crippen LogP contribution in [0.4, 0.5) is 0 Å². The summed E-state index contributed by atoms with van der Waals surface area (Å²) in [6, 6.07) is 17.5. The van der Waals surface area contributed by atoms with Crippen molar-refractivity contribution >= 4 is 28.4 Å². The predicted molar refractivity (Wildman–Crippen MR) is 118 cm³/mol. The highest BCUT2D eigenvalue weighted by molar-refractivity contribution is 7.12. The zero-order chi connectivity index (χ0) is 20.5. The van der Waals surface area contributed by atoms with E-state index < -0.39 is 0 Å². The lowest BCUT2D eigenvalue weighted by Crippen LogP contribution is -2.43. The van der Waals surface area contributed by atoms with Crippen LogP contribution in [0.2, 0.25) is 0 Å². The normalized spacial score (nSPS) is 16.8. The van der Waals surface area contributed by atoms with Crippen LogP contribution in [0.25, 0.3) is 11.2 Å². The molecule has 4 heterocycles. The van der Waals surface area contributed by atoms with E-state index >= 15 is 0 Å². The van der Waals surface area contributed by atoms with Gasteiger partial charge in [-0.1, -0.05) is 36.4 Å². The maximum Gasteiger partial charge on any atom is 0.330 e. The van der Waals surface area contributed by atoms with Crippen LogP contribution in [-0.2, 0) is 6.54 Å². The molecule has 1 aromatic carbocycles. The third-order valence-corrected chi connectivity index (χ3v) is 6.54. The van der Waals surface area contributed by atoms with Crippen molar-refractivity contribution < 1.29 is 4.79 Å². The Morgan fingerprint density at radius 2 is 1.97 bits per heavy atom. The molecule has 0 bridgehead atoms. The van der Waals surface area contributed by atoms with Crippen LogP contribution in [-0.4, -0.2) is 38.0 Å². The van der Waals surface area contributed by atoms with Crippen molar-refractivity contribution in [1.29, 1.82) is 0 Å². The molecule has 30 heavy (non-hydrogen) atoms. The van der Waals surface area contributed by atoms with E-state index in [0.29, 0.717) is 18.7 Å². The van der Waals surface area contributed by atoms with Gasteiger partial charge in [0.15, 0.2) is 5.65 Å². The first-order chi connectivity index (χ1) is 14.7. The summed E-state index contributed by atoms with van der Waals surface area (Å²) >= 11 is 1.46. The fraction of sp³-hybridized carbons (Fsp3) is 0.261. The van der Waals surface area contributed by atoms with E-state index in [4.69, 9.17) is 0 Å². The number of aromatic nitrogens is 3. The highest BCUT2D eigenvalue weighted by atomic mass is 32.1. The Morgan fingerprint density at radius 1 is 1.10 bits per heavy atom.